The molecule has 1 aliphatic heterocycles. The summed E-state index contributed by atoms with van der Waals surface area (Å²) in [5.41, 5.74) is 0. The summed E-state index contributed by atoms with van der Waals surface area (Å²) in [6.45, 7) is 4.48. The van der Waals surface area contributed by atoms with Gasteiger partial charge in [0.1, 0.15) is 6.10 Å². The Labute approximate surface area is 73.3 Å². The first-order valence-corrected chi connectivity index (χ1v) is 2.63. The SMILES string of the molecule is CCOCC1CO1.[H-].[Na+]. The van der Waals surface area contributed by atoms with Crippen molar-refractivity contribution < 1.29 is 40.5 Å². The molecular weight excluding hydrogens is 115 g/mol. The van der Waals surface area contributed by atoms with Gasteiger partial charge in [0.15, 0.2) is 0 Å². The van der Waals surface area contributed by atoms with Gasteiger partial charge < -0.3 is 10.9 Å². The third-order valence-electron chi connectivity index (χ3n) is 0.910. The van der Waals surface area contributed by atoms with Gasteiger partial charge in [-0.1, -0.05) is 0 Å². The molecule has 2 nitrogen and oxygen atoms in total. The van der Waals surface area contributed by atoms with E-state index in [0.29, 0.717) is 6.10 Å². The molecule has 1 rings (SSSR count). The molecule has 1 atom stereocenters. The van der Waals surface area contributed by atoms with E-state index in [1.807, 2.05) is 6.92 Å². The maximum atomic E-state index is 5.03. The Morgan fingerprint density at radius 2 is 2.50 bits per heavy atom. The number of hydrogen-bond acceptors (Lipinski definition) is 2. The van der Waals surface area contributed by atoms with Crippen LogP contribution < -0.4 is 29.6 Å². The quantitative estimate of drug-likeness (QED) is 0.309. The molecule has 1 fully saturated rings. The van der Waals surface area contributed by atoms with Crippen molar-refractivity contribution in [3.8, 4) is 0 Å². The fourth-order valence-electron chi connectivity index (χ4n) is 0.414. The van der Waals surface area contributed by atoms with Gasteiger partial charge in [-0.3, -0.25) is 0 Å². The summed E-state index contributed by atoms with van der Waals surface area (Å²) in [5, 5.41) is 0. The largest absolute Gasteiger partial charge is 1.00 e. The molecule has 0 bridgehead atoms. The van der Waals surface area contributed by atoms with E-state index < -0.39 is 0 Å². The maximum absolute atomic E-state index is 5.03. The van der Waals surface area contributed by atoms with Gasteiger partial charge in [0.2, 0.25) is 0 Å². The van der Waals surface area contributed by atoms with Crippen molar-refractivity contribution in [2.24, 2.45) is 0 Å². The molecule has 0 aromatic heterocycles. The molecule has 8 heavy (non-hydrogen) atoms. The van der Waals surface area contributed by atoms with E-state index in [9.17, 15) is 0 Å². The van der Waals surface area contributed by atoms with Crippen LogP contribution in [0.5, 0.6) is 0 Å². The predicted octanol–water partition coefficient (Wildman–Crippen LogP) is -2.46. The normalized spacial score (nSPS) is 24.4. The Hall–Kier alpha value is 0.920. The average Bonchev–Trinajstić information content (AvgIpc) is 2.42. The molecule has 44 valence electrons. The number of epoxide rings is 1. The van der Waals surface area contributed by atoms with E-state index in [1.54, 1.807) is 0 Å². The minimum Gasteiger partial charge on any atom is -1.00 e. The van der Waals surface area contributed by atoms with Crippen LogP contribution >= 0.6 is 0 Å². The third kappa shape index (κ3) is 3.87. The Balaban J connectivity index is 0. The maximum Gasteiger partial charge on any atom is 1.00 e. The summed E-state index contributed by atoms with van der Waals surface area (Å²) in [4.78, 5) is 0. The van der Waals surface area contributed by atoms with Gasteiger partial charge in [-0.25, -0.2) is 0 Å². The van der Waals surface area contributed by atoms with Crippen molar-refractivity contribution in [1.82, 2.24) is 0 Å². The second-order valence-corrected chi connectivity index (χ2v) is 1.61. The van der Waals surface area contributed by atoms with Crippen molar-refractivity contribution in [3.63, 3.8) is 0 Å². The molecule has 3 heteroatoms. The summed E-state index contributed by atoms with van der Waals surface area (Å²) in [5.74, 6) is 0. The Morgan fingerprint density at radius 3 is 2.88 bits per heavy atom. The Bertz CT molecular complexity index is 58.9. The smallest absolute Gasteiger partial charge is 1.00 e. The van der Waals surface area contributed by atoms with Crippen LogP contribution in [0.4, 0.5) is 0 Å². The van der Waals surface area contributed by atoms with Gasteiger partial charge in [0, 0.05) is 6.61 Å². The summed E-state index contributed by atoms with van der Waals surface area (Å²) < 4.78 is 9.92. The summed E-state index contributed by atoms with van der Waals surface area (Å²) >= 11 is 0. The minimum atomic E-state index is 0. The van der Waals surface area contributed by atoms with E-state index in [0.717, 1.165) is 19.8 Å². The van der Waals surface area contributed by atoms with Gasteiger partial charge in [-0.05, 0) is 6.92 Å². The van der Waals surface area contributed by atoms with Crippen molar-refractivity contribution >= 4 is 0 Å². The second-order valence-electron chi connectivity index (χ2n) is 1.61. The molecule has 0 amide bonds. The van der Waals surface area contributed by atoms with E-state index in [4.69, 9.17) is 9.47 Å². The average molecular weight is 126 g/mol. The predicted molar refractivity (Wildman–Crippen MR) is 27.3 cm³/mol. The first-order chi connectivity index (χ1) is 3.43. The molecule has 1 aliphatic rings. The zero-order valence-electron chi connectivity index (χ0n) is 6.52. The van der Waals surface area contributed by atoms with Gasteiger partial charge in [-0.2, -0.15) is 0 Å². The van der Waals surface area contributed by atoms with Gasteiger partial charge in [0.05, 0.1) is 13.2 Å². The van der Waals surface area contributed by atoms with Crippen LogP contribution in [-0.2, 0) is 9.47 Å². The van der Waals surface area contributed by atoms with Crippen LogP contribution in [0.3, 0.4) is 0 Å². The standard InChI is InChI=1S/C5H10O2.Na.H/c1-2-6-3-5-4-7-5;;/h5H,2-4H2,1H3;;/q;+1;-1. The topological polar surface area (TPSA) is 21.8 Å². The zero-order valence-corrected chi connectivity index (χ0v) is 7.52. The van der Waals surface area contributed by atoms with E-state index in [-0.39, 0.29) is 31.0 Å². The van der Waals surface area contributed by atoms with E-state index in [1.165, 1.54) is 0 Å². The molecule has 0 spiro atoms. The molecule has 1 saturated heterocycles. The van der Waals surface area contributed by atoms with E-state index >= 15 is 0 Å². The number of ether oxygens (including phenoxy) is 2. The monoisotopic (exact) mass is 126 g/mol. The van der Waals surface area contributed by atoms with Crippen LogP contribution in [0, 0.1) is 0 Å². The zero-order chi connectivity index (χ0) is 5.11. The molecule has 0 aliphatic carbocycles. The Morgan fingerprint density at radius 1 is 1.88 bits per heavy atom. The van der Waals surface area contributed by atoms with Crippen molar-refractivity contribution in [3.05, 3.63) is 0 Å². The van der Waals surface area contributed by atoms with E-state index in [2.05, 4.69) is 0 Å². The molecule has 0 radical (unpaired) electrons. The molecule has 1 heterocycles. The van der Waals surface area contributed by atoms with Crippen molar-refractivity contribution in [1.29, 1.82) is 0 Å². The van der Waals surface area contributed by atoms with Crippen LogP contribution in [0.15, 0.2) is 0 Å². The van der Waals surface area contributed by atoms with Crippen molar-refractivity contribution in [2.75, 3.05) is 19.8 Å². The number of hydrogen-bond donors (Lipinski definition) is 0. The minimum absolute atomic E-state index is 0. The molecule has 0 aromatic rings. The van der Waals surface area contributed by atoms with Gasteiger partial charge in [-0.15, -0.1) is 0 Å². The fourth-order valence-corrected chi connectivity index (χ4v) is 0.414. The summed E-state index contributed by atoms with van der Waals surface area (Å²) in [6.07, 6.45) is 0.431. The fraction of sp³-hybridized carbons (Fsp3) is 1.00. The Kier molecular flexibility index (Phi) is 5.31. The second kappa shape index (κ2) is 4.77. The molecule has 1 unspecified atom stereocenters. The summed E-state index contributed by atoms with van der Waals surface area (Å²) in [6, 6.07) is 0. The first kappa shape index (κ1) is 8.92. The van der Waals surface area contributed by atoms with Crippen LogP contribution in [0.1, 0.15) is 8.35 Å². The van der Waals surface area contributed by atoms with Crippen LogP contribution in [-0.4, -0.2) is 25.9 Å². The van der Waals surface area contributed by atoms with Crippen molar-refractivity contribution in [2.45, 2.75) is 13.0 Å². The van der Waals surface area contributed by atoms with Gasteiger partial charge in [0.25, 0.3) is 0 Å². The molecule has 0 aromatic carbocycles. The van der Waals surface area contributed by atoms with Crippen LogP contribution in [0.25, 0.3) is 0 Å². The van der Waals surface area contributed by atoms with Gasteiger partial charge >= 0.3 is 29.6 Å². The molecule has 0 saturated carbocycles. The number of rotatable bonds is 3. The molecule has 0 N–H and O–H groups in total. The first-order valence-electron chi connectivity index (χ1n) is 2.63. The molecular formula is C5H11NaO2. The summed E-state index contributed by atoms with van der Waals surface area (Å²) in [7, 11) is 0. The van der Waals surface area contributed by atoms with Crippen LogP contribution in [0.2, 0.25) is 0 Å². The third-order valence-corrected chi connectivity index (χ3v) is 0.910.